The predicted octanol–water partition coefficient (Wildman–Crippen LogP) is 2.69. The fraction of sp³-hybridized carbons (Fsp3) is 0.333. The zero-order chi connectivity index (χ0) is 13.8. The van der Waals surface area contributed by atoms with E-state index in [-0.39, 0.29) is 0 Å². The maximum atomic E-state index is 5.71. The summed E-state index contributed by atoms with van der Waals surface area (Å²) < 4.78 is 10.9. The van der Waals surface area contributed by atoms with Crippen LogP contribution in [0.15, 0.2) is 34.7 Å². The molecule has 0 saturated heterocycles. The Labute approximate surface area is 113 Å². The molecule has 1 heterocycles. The van der Waals surface area contributed by atoms with Crippen molar-refractivity contribution in [1.29, 1.82) is 0 Å². The average molecular weight is 260 g/mol. The molecule has 0 saturated carbocycles. The van der Waals surface area contributed by atoms with Crippen molar-refractivity contribution in [3.63, 3.8) is 0 Å². The molecule has 0 unspecified atom stereocenters. The summed E-state index contributed by atoms with van der Waals surface area (Å²) in [6.45, 7) is 3.17. The quantitative estimate of drug-likeness (QED) is 0.898. The fourth-order valence-electron chi connectivity index (χ4n) is 2.03. The zero-order valence-corrected chi connectivity index (χ0v) is 11.6. The molecule has 0 amide bonds. The number of nitrogens with zero attached hydrogens (tertiary/aromatic N) is 1. The van der Waals surface area contributed by atoms with Gasteiger partial charge in [0.15, 0.2) is 0 Å². The van der Waals surface area contributed by atoms with Crippen molar-refractivity contribution < 1.29 is 9.15 Å². The van der Waals surface area contributed by atoms with E-state index in [0.29, 0.717) is 13.1 Å². The minimum Gasteiger partial charge on any atom is -0.497 e. The molecular formula is C15H20N2O2. The van der Waals surface area contributed by atoms with Gasteiger partial charge in [-0.15, -0.1) is 0 Å². The third kappa shape index (κ3) is 3.09. The molecule has 0 atom stereocenters. The molecular weight excluding hydrogens is 240 g/mol. The average Bonchev–Trinajstić information content (AvgIpc) is 2.78. The Morgan fingerprint density at radius 2 is 1.95 bits per heavy atom. The second kappa shape index (κ2) is 5.80. The molecule has 1 aromatic carbocycles. The lowest BCUT2D eigenvalue weighted by atomic mass is 10.2. The first-order valence-electron chi connectivity index (χ1n) is 6.27. The molecule has 4 heteroatoms. The van der Waals surface area contributed by atoms with Gasteiger partial charge in [-0.3, -0.25) is 0 Å². The summed E-state index contributed by atoms with van der Waals surface area (Å²) in [5, 5.41) is 0. The number of aryl methyl sites for hydroxylation is 1. The summed E-state index contributed by atoms with van der Waals surface area (Å²) in [6, 6.07) is 9.99. The van der Waals surface area contributed by atoms with Gasteiger partial charge in [-0.05, 0) is 42.8 Å². The van der Waals surface area contributed by atoms with Crippen LogP contribution in [0, 0.1) is 6.92 Å². The van der Waals surface area contributed by atoms with Crippen LogP contribution in [0.2, 0.25) is 0 Å². The number of nitrogens with two attached hydrogens (primary N) is 1. The number of methoxy groups -OCH3 is 1. The van der Waals surface area contributed by atoms with Crippen molar-refractivity contribution in [2.45, 2.75) is 20.0 Å². The van der Waals surface area contributed by atoms with Gasteiger partial charge in [0.05, 0.1) is 20.2 Å². The zero-order valence-electron chi connectivity index (χ0n) is 11.6. The van der Waals surface area contributed by atoms with E-state index >= 15 is 0 Å². The molecule has 2 N–H and O–H groups in total. The lowest BCUT2D eigenvalue weighted by Crippen LogP contribution is -2.15. The molecule has 2 rings (SSSR count). The molecule has 0 spiro atoms. The largest absolute Gasteiger partial charge is 0.497 e. The molecule has 2 aromatic rings. The number of ether oxygens (including phenoxy) is 1. The van der Waals surface area contributed by atoms with Crippen LogP contribution in [-0.4, -0.2) is 14.2 Å². The highest BCUT2D eigenvalue weighted by molar-refractivity contribution is 5.48. The monoisotopic (exact) mass is 260 g/mol. The van der Waals surface area contributed by atoms with Gasteiger partial charge in [0.2, 0.25) is 0 Å². The van der Waals surface area contributed by atoms with Gasteiger partial charge < -0.3 is 19.8 Å². The lowest BCUT2D eigenvalue weighted by molar-refractivity contribution is 0.415. The molecule has 0 bridgehead atoms. The van der Waals surface area contributed by atoms with Crippen LogP contribution in [0.5, 0.6) is 5.75 Å². The van der Waals surface area contributed by atoms with Crippen LogP contribution in [0.3, 0.4) is 0 Å². The molecule has 0 aliphatic heterocycles. The minimum atomic E-state index is 0.443. The van der Waals surface area contributed by atoms with E-state index in [1.807, 2.05) is 44.3 Å². The van der Waals surface area contributed by atoms with E-state index in [2.05, 4.69) is 4.90 Å². The first-order valence-corrected chi connectivity index (χ1v) is 6.27. The topological polar surface area (TPSA) is 51.6 Å². The third-order valence-electron chi connectivity index (χ3n) is 3.16. The van der Waals surface area contributed by atoms with Crippen LogP contribution in [0.1, 0.15) is 17.1 Å². The highest BCUT2D eigenvalue weighted by Crippen LogP contribution is 2.21. The Kier molecular flexibility index (Phi) is 4.12. The fourth-order valence-corrected chi connectivity index (χ4v) is 2.03. The lowest BCUT2D eigenvalue weighted by Gasteiger charge is -2.18. The van der Waals surface area contributed by atoms with Crippen molar-refractivity contribution in [1.82, 2.24) is 0 Å². The Morgan fingerprint density at radius 3 is 2.47 bits per heavy atom. The van der Waals surface area contributed by atoms with Gasteiger partial charge in [-0.25, -0.2) is 0 Å². The van der Waals surface area contributed by atoms with Gasteiger partial charge in [0.1, 0.15) is 17.3 Å². The second-order valence-corrected chi connectivity index (χ2v) is 4.58. The molecule has 19 heavy (non-hydrogen) atoms. The van der Waals surface area contributed by atoms with Crippen molar-refractivity contribution >= 4 is 5.69 Å². The van der Waals surface area contributed by atoms with E-state index < -0.39 is 0 Å². The molecule has 0 fully saturated rings. The van der Waals surface area contributed by atoms with Gasteiger partial charge in [-0.2, -0.15) is 0 Å². The SMILES string of the molecule is COc1ccc(N(C)Cc2cc(C)c(CN)o2)cc1. The number of benzene rings is 1. The van der Waals surface area contributed by atoms with E-state index in [9.17, 15) is 0 Å². The molecule has 4 nitrogen and oxygen atoms in total. The smallest absolute Gasteiger partial charge is 0.123 e. The number of rotatable bonds is 5. The van der Waals surface area contributed by atoms with Gasteiger partial charge >= 0.3 is 0 Å². The van der Waals surface area contributed by atoms with E-state index in [4.69, 9.17) is 14.9 Å². The Hall–Kier alpha value is -1.94. The Bertz CT molecular complexity index is 532. The Morgan fingerprint density at radius 1 is 1.26 bits per heavy atom. The number of anilines is 1. The molecule has 0 aliphatic carbocycles. The predicted molar refractivity (Wildman–Crippen MR) is 76.4 cm³/mol. The van der Waals surface area contributed by atoms with Crippen molar-refractivity contribution in [2.24, 2.45) is 5.73 Å². The molecule has 0 aliphatic rings. The van der Waals surface area contributed by atoms with Crippen LogP contribution >= 0.6 is 0 Å². The summed E-state index contributed by atoms with van der Waals surface area (Å²) in [5.41, 5.74) is 7.84. The Balaban J connectivity index is 2.08. The van der Waals surface area contributed by atoms with E-state index in [0.717, 1.165) is 28.5 Å². The normalized spacial score (nSPS) is 10.5. The standard InChI is InChI=1S/C15H20N2O2/c1-11-8-14(19-15(11)9-16)10-17(2)12-4-6-13(18-3)7-5-12/h4-8H,9-10,16H2,1-3H3. The van der Waals surface area contributed by atoms with Crippen LogP contribution < -0.4 is 15.4 Å². The number of hydrogen-bond acceptors (Lipinski definition) is 4. The summed E-state index contributed by atoms with van der Waals surface area (Å²) in [7, 11) is 3.69. The second-order valence-electron chi connectivity index (χ2n) is 4.58. The summed E-state index contributed by atoms with van der Waals surface area (Å²) >= 11 is 0. The number of hydrogen-bond donors (Lipinski definition) is 1. The first-order chi connectivity index (χ1) is 9.13. The molecule has 102 valence electrons. The van der Waals surface area contributed by atoms with Crippen molar-refractivity contribution in [3.05, 3.63) is 47.4 Å². The van der Waals surface area contributed by atoms with Crippen LogP contribution in [0.4, 0.5) is 5.69 Å². The highest BCUT2D eigenvalue weighted by atomic mass is 16.5. The van der Waals surface area contributed by atoms with E-state index in [1.54, 1.807) is 7.11 Å². The molecule has 0 radical (unpaired) electrons. The van der Waals surface area contributed by atoms with Gasteiger partial charge in [-0.1, -0.05) is 0 Å². The van der Waals surface area contributed by atoms with Gasteiger partial charge in [0, 0.05) is 12.7 Å². The molecule has 1 aromatic heterocycles. The highest BCUT2D eigenvalue weighted by Gasteiger charge is 2.09. The summed E-state index contributed by atoms with van der Waals surface area (Å²) in [4.78, 5) is 2.12. The van der Waals surface area contributed by atoms with Crippen molar-refractivity contribution in [3.8, 4) is 5.75 Å². The number of furan rings is 1. The maximum Gasteiger partial charge on any atom is 0.123 e. The maximum absolute atomic E-state index is 5.71. The van der Waals surface area contributed by atoms with E-state index in [1.165, 1.54) is 0 Å². The summed E-state index contributed by atoms with van der Waals surface area (Å²) in [6.07, 6.45) is 0. The van der Waals surface area contributed by atoms with Gasteiger partial charge in [0.25, 0.3) is 0 Å². The van der Waals surface area contributed by atoms with Crippen LogP contribution in [-0.2, 0) is 13.1 Å². The minimum absolute atomic E-state index is 0.443. The first kappa shape index (κ1) is 13.5. The van der Waals surface area contributed by atoms with Crippen molar-refractivity contribution in [2.75, 3.05) is 19.1 Å². The third-order valence-corrected chi connectivity index (χ3v) is 3.16. The summed E-state index contributed by atoms with van der Waals surface area (Å²) in [5.74, 6) is 2.64. The van der Waals surface area contributed by atoms with Crippen LogP contribution in [0.25, 0.3) is 0 Å².